The van der Waals surface area contributed by atoms with E-state index in [1.54, 1.807) is 12.1 Å². The van der Waals surface area contributed by atoms with E-state index in [2.05, 4.69) is 4.98 Å². The number of carbonyl (C=O) groups excluding carboxylic acids is 2. The number of esters is 1. The molecule has 0 amide bonds. The van der Waals surface area contributed by atoms with Crippen LogP contribution in [0.2, 0.25) is 0 Å². The number of sulfonamides is 1. The molecule has 1 N–H and O–H groups in total. The molecule has 1 saturated heterocycles. The van der Waals surface area contributed by atoms with Crippen LogP contribution in [-0.2, 0) is 19.5 Å². The van der Waals surface area contributed by atoms with E-state index in [0.29, 0.717) is 37.6 Å². The number of nitrogens with zero attached hydrogens (tertiary/aromatic N) is 1. The van der Waals surface area contributed by atoms with E-state index >= 15 is 0 Å². The zero-order chi connectivity index (χ0) is 20.9. The van der Waals surface area contributed by atoms with E-state index < -0.39 is 16.0 Å². The second-order valence-corrected chi connectivity index (χ2v) is 8.27. The molecule has 0 aliphatic carbocycles. The number of ketones is 1. The molecule has 2 aromatic rings. The molecule has 2 heterocycles. The Labute approximate surface area is 168 Å². The van der Waals surface area contributed by atoms with Gasteiger partial charge in [-0.1, -0.05) is 0 Å². The number of H-pyrrole nitrogens is 1. The number of nitrogens with one attached hydrogen (secondary N) is 1. The second kappa shape index (κ2) is 9.21. The van der Waals surface area contributed by atoms with Crippen molar-refractivity contribution in [2.75, 3.05) is 39.5 Å². The molecule has 1 fully saturated rings. The van der Waals surface area contributed by atoms with Gasteiger partial charge in [0.05, 0.1) is 18.1 Å². The van der Waals surface area contributed by atoms with Gasteiger partial charge in [0.1, 0.15) is 24.7 Å². The molecule has 1 aromatic carbocycles. The van der Waals surface area contributed by atoms with Crippen LogP contribution in [0, 0.1) is 0 Å². The van der Waals surface area contributed by atoms with Gasteiger partial charge in [-0.25, -0.2) is 13.2 Å². The van der Waals surface area contributed by atoms with Gasteiger partial charge in [-0.3, -0.25) is 4.79 Å². The molecule has 1 aliphatic rings. The number of Topliss-reactive ketones (excluding diaryl/α,β-unsaturated/α-hetero) is 1. The highest BCUT2D eigenvalue weighted by Crippen LogP contribution is 2.20. The third-order valence-electron chi connectivity index (χ3n) is 4.33. The molecular formula is C19H22N2O7S. The van der Waals surface area contributed by atoms with Gasteiger partial charge in [0.25, 0.3) is 0 Å². The maximum absolute atomic E-state index is 12.6. The van der Waals surface area contributed by atoms with Crippen molar-refractivity contribution in [1.29, 1.82) is 0 Å². The third kappa shape index (κ3) is 5.22. The molecular weight excluding hydrogens is 400 g/mol. The van der Waals surface area contributed by atoms with Crippen LogP contribution < -0.4 is 4.74 Å². The van der Waals surface area contributed by atoms with E-state index in [9.17, 15) is 18.0 Å². The fraction of sp³-hybridized carbons (Fsp3) is 0.368. The van der Waals surface area contributed by atoms with Gasteiger partial charge in [0.2, 0.25) is 10.0 Å². The van der Waals surface area contributed by atoms with Crippen LogP contribution in [0.5, 0.6) is 5.75 Å². The van der Waals surface area contributed by atoms with Crippen molar-refractivity contribution in [3.8, 4) is 5.75 Å². The van der Waals surface area contributed by atoms with Gasteiger partial charge in [-0.2, -0.15) is 4.31 Å². The average molecular weight is 422 g/mol. The standard InChI is InChI=1S/C19H22N2O7S/c1-14(22)15-12-18(20-13-15)19(23)28-11-10-27-16-2-4-17(5-3-16)29(24,25)21-6-8-26-9-7-21/h2-5,12-13,20H,6-11H2,1H3. The molecule has 1 aliphatic heterocycles. The quantitative estimate of drug-likeness (QED) is 0.389. The number of rotatable bonds is 8. The number of ether oxygens (including phenoxy) is 3. The molecule has 3 rings (SSSR count). The lowest BCUT2D eigenvalue weighted by Gasteiger charge is -2.26. The van der Waals surface area contributed by atoms with Gasteiger partial charge < -0.3 is 19.2 Å². The summed E-state index contributed by atoms with van der Waals surface area (Å²) in [5, 5.41) is 0. The van der Waals surface area contributed by atoms with Gasteiger partial charge in [0.15, 0.2) is 5.78 Å². The summed E-state index contributed by atoms with van der Waals surface area (Å²) in [4.78, 5) is 26.0. The average Bonchev–Trinajstić information content (AvgIpc) is 3.23. The zero-order valence-corrected chi connectivity index (χ0v) is 16.7. The Kier molecular flexibility index (Phi) is 6.68. The number of carbonyl (C=O) groups is 2. The molecule has 0 bridgehead atoms. The molecule has 9 nitrogen and oxygen atoms in total. The Morgan fingerprint density at radius 3 is 2.45 bits per heavy atom. The van der Waals surface area contributed by atoms with Crippen LogP contribution in [-0.4, -0.2) is 69.0 Å². The first-order valence-corrected chi connectivity index (χ1v) is 10.5. The van der Waals surface area contributed by atoms with Crippen LogP contribution in [0.1, 0.15) is 27.8 Å². The summed E-state index contributed by atoms with van der Waals surface area (Å²) in [6, 6.07) is 7.50. The largest absolute Gasteiger partial charge is 0.490 e. The van der Waals surface area contributed by atoms with Gasteiger partial charge in [-0.05, 0) is 37.3 Å². The number of benzene rings is 1. The van der Waals surface area contributed by atoms with Crippen molar-refractivity contribution < 1.29 is 32.2 Å². The number of hydrogen-bond donors (Lipinski definition) is 1. The Morgan fingerprint density at radius 1 is 1.14 bits per heavy atom. The molecule has 1 aromatic heterocycles. The lowest BCUT2D eigenvalue weighted by molar-refractivity contribution is 0.0444. The van der Waals surface area contributed by atoms with Crippen LogP contribution in [0.4, 0.5) is 0 Å². The van der Waals surface area contributed by atoms with E-state index in [1.807, 2.05) is 0 Å². The number of aromatic amines is 1. The Balaban J connectivity index is 1.47. The van der Waals surface area contributed by atoms with Crippen molar-refractivity contribution in [2.24, 2.45) is 0 Å². The van der Waals surface area contributed by atoms with E-state index in [-0.39, 0.29) is 29.6 Å². The molecule has 156 valence electrons. The maximum atomic E-state index is 12.6. The van der Waals surface area contributed by atoms with Gasteiger partial charge in [0, 0.05) is 24.8 Å². The Morgan fingerprint density at radius 2 is 1.83 bits per heavy atom. The normalized spacial score (nSPS) is 15.1. The summed E-state index contributed by atoms with van der Waals surface area (Å²) in [6.45, 7) is 2.95. The first-order valence-electron chi connectivity index (χ1n) is 9.05. The predicted molar refractivity (Wildman–Crippen MR) is 103 cm³/mol. The number of morpholine rings is 1. The molecule has 0 saturated carbocycles. The zero-order valence-electron chi connectivity index (χ0n) is 15.9. The molecule has 0 unspecified atom stereocenters. The maximum Gasteiger partial charge on any atom is 0.354 e. The fourth-order valence-corrected chi connectivity index (χ4v) is 4.14. The topological polar surface area (TPSA) is 115 Å². The predicted octanol–water partition coefficient (Wildman–Crippen LogP) is 1.47. The summed E-state index contributed by atoms with van der Waals surface area (Å²) in [7, 11) is -3.55. The first kappa shape index (κ1) is 21.0. The van der Waals surface area contributed by atoms with Crippen molar-refractivity contribution in [2.45, 2.75) is 11.8 Å². The van der Waals surface area contributed by atoms with E-state index in [1.165, 1.54) is 35.6 Å². The molecule has 10 heteroatoms. The van der Waals surface area contributed by atoms with Crippen molar-refractivity contribution in [3.63, 3.8) is 0 Å². The smallest absolute Gasteiger partial charge is 0.354 e. The molecule has 29 heavy (non-hydrogen) atoms. The minimum atomic E-state index is -3.55. The number of hydrogen-bond acceptors (Lipinski definition) is 7. The van der Waals surface area contributed by atoms with Crippen LogP contribution in [0.25, 0.3) is 0 Å². The van der Waals surface area contributed by atoms with Crippen molar-refractivity contribution in [3.05, 3.63) is 47.8 Å². The first-order chi connectivity index (χ1) is 13.9. The minimum absolute atomic E-state index is 0.00108. The van der Waals surface area contributed by atoms with Crippen molar-refractivity contribution >= 4 is 21.8 Å². The van der Waals surface area contributed by atoms with Crippen LogP contribution >= 0.6 is 0 Å². The molecule has 0 spiro atoms. The molecule has 0 atom stereocenters. The summed E-state index contributed by atoms with van der Waals surface area (Å²) in [6.07, 6.45) is 1.45. The SMILES string of the molecule is CC(=O)c1c[nH]c(C(=O)OCCOc2ccc(S(=O)(=O)N3CCOCC3)cc2)c1. The van der Waals surface area contributed by atoms with Crippen LogP contribution in [0.15, 0.2) is 41.4 Å². The summed E-state index contributed by atoms with van der Waals surface area (Å²) in [5.74, 6) is -0.281. The lowest BCUT2D eigenvalue weighted by Crippen LogP contribution is -2.40. The van der Waals surface area contributed by atoms with Gasteiger partial charge in [-0.15, -0.1) is 0 Å². The Bertz CT molecular complexity index is 961. The van der Waals surface area contributed by atoms with Gasteiger partial charge >= 0.3 is 5.97 Å². The Hall–Kier alpha value is -2.69. The third-order valence-corrected chi connectivity index (χ3v) is 6.24. The lowest BCUT2D eigenvalue weighted by atomic mass is 10.2. The number of aromatic nitrogens is 1. The van der Waals surface area contributed by atoms with E-state index in [4.69, 9.17) is 14.2 Å². The highest BCUT2D eigenvalue weighted by atomic mass is 32.2. The van der Waals surface area contributed by atoms with Crippen molar-refractivity contribution in [1.82, 2.24) is 9.29 Å². The summed E-state index contributed by atoms with van der Waals surface area (Å²) in [5.41, 5.74) is 0.591. The molecule has 0 radical (unpaired) electrons. The minimum Gasteiger partial charge on any atom is -0.490 e. The summed E-state index contributed by atoms with van der Waals surface area (Å²) < 4.78 is 42.3. The second-order valence-electron chi connectivity index (χ2n) is 6.33. The van der Waals surface area contributed by atoms with E-state index in [0.717, 1.165) is 0 Å². The monoisotopic (exact) mass is 422 g/mol. The highest BCUT2D eigenvalue weighted by Gasteiger charge is 2.26. The fourth-order valence-electron chi connectivity index (χ4n) is 2.73. The summed E-state index contributed by atoms with van der Waals surface area (Å²) >= 11 is 0. The van der Waals surface area contributed by atoms with Crippen LogP contribution in [0.3, 0.4) is 0 Å². The highest BCUT2D eigenvalue weighted by molar-refractivity contribution is 7.89.